The van der Waals surface area contributed by atoms with E-state index in [-0.39, 0.29) is 24.0 Å². The maximum Gasteiger partial charge on any atom is 0.269 e. The van der Waals surface area contributed by atoms with Crippen LogP contribution in [0.15, 0.2) is 58.0 Å². The maximum atomic E-state index is 15.0. The molecule has 3 rings (SSSR count). The second-order valence-electron chi connectivity index (χ2n) is 9.40. The zero-order chi connectivity index (χ0) is 26.9. The maximum absolute atomic E-state index is 15.0. The van der Waals surface area contributed by atoms with E-state index in [1.165, 1.54) is 52.3 Å². The van der Waals surface area contributed by atoms with Crippen LogP contribution in [-0.4, -0.2) is 44.3 Å². The molecule has 0 spiro atoms. The van der Waals surface area contributed by atoms with E-state index in [4.69, 9.17) is 10.5 Å². The zero-order valence-electron chi connectivity index (χ0n) is 22.6. The van der Waals surface area contributed by atoms with E-state index >= 15 is 4.39 Å². The number of likely N-dealkylation sites (N-methyl/N-ethyl adjacent to an activating group) is 1. The summed E-state index contributed by atoms with van der Waals surface area (Å²) >= 11 is 1.75. The fourth-order valence-corrected chi connectivity index (χ4v) is 5.32. The van der Waals surface area contributed by atoms with Gasteiger partial charge in [0.05, 0.1) is 6.61 Å². The van der Waals surface area contributed by atoms with Crippen LogP contribution in [0.25, 0.3) is 21.2 Å². The lowest BCUT2D eigenvalue weighted by Crippen LogP contribution is -2.30. The van der Waals surface area contributed by atoms with Crippen LogP contribution in [0.3, 0.4) is 0 Å². The number of fused-ring (bicyclic) bond motifs is 1. The number of para-hydroxylation sites is 1. The van der Waals surface area contributed by atoms with Crippen LogP contribution >= 0.6 is 11.3 Å². The zero-order valence-corrected chi connectivity index (χ0v) is 23.4. The Bertz CT molecular complexity index is 1290. The van der Waals surface area contributed by atoms with Crippen LogP contribution in [-0.2, 0) is 11.2 Å². The van der Waals surface area contributed by atoms with Gasteiger partial charge in [-0.1, -0.05) is 44.4 Å². The van der Waals surface area contributed by atoms with Crippen molar-refractivity contribution in [2.75, 3.05) is 27.7 Å². The van der Waals surface area contributed by atoms with Gasteiger partial charge in [-0.3, -0.25) is 9.79 Å². The Morgan fingerprint density at radius 2 is 1.95 bits per heavy atom. The number of carbonyl (C=O) groups is 1. The Morgan fingerprint density at radius 1 is 1.16 bits per heavy atom. The number of aryl methyl sites for hydroxylation is 1. The molecule has 0 atom stereocenters. The number of halogens is 1. The number of ether oxygens (including phenoxy) is 1. The van der Waals surface area contributed by atoms with E-state index in [0.717, 1.165) is 12.0 Å². The van der Waals surface area contributed by atoms with Gasteiger partial charge < -0.3 is 15.4 Å². The van der Waals surface area contributed by atoms with Crippen LogP contribution in [0.4, 0.5) is 4.39 Å². The van der Waals surface area contributed by atoms with Crippen molar-refractivity contribution in [1.29, 1.82) is 0 Å². The number of unbranched alkanes of at least 4 members (excludes halogenated alkanes) is 3. The average Bonchev–Trinajstić information content (AvgIpc) is 3.30. The highest BCUT2D eigenvalue weighted by molar-refractivity contribution is 7.17. The molecule has 0 radical (unpaired) electrons. The Morgan fingerprint density at radius 3 is 2.65 bits per heavy atom. The third-order valence-electron chi connectivity index (χ3n) is 6.56. The third-order valence-corrected chi connectivity index (χ3v) is 7.58. The molecule has 7 heteroatoms. The van der Waals surface area contributed by atoms with Crippen LogP contribution in [0.2, 0.25) is 0 Å². The number of nitrogens with two attached hydrogens (primary N) is 1. The average molecular weight is 524 g/mol. The highest BCUT2D eigenvalue weighted by atomic mass is 32.1. The highest BCUT2D eigenvalue weighted by Gasteiger charge is 2.18. The normalized spacial score (nSPS) is 12.5. The van der Waals surface area contributed by atoms with Gasteiger partial charge in [-0.15, -0.1) is 11.3 Å². The molecule has 37 heavy (non-hydrogen) atoms. The predicted molar refractivity (Wildman–Crippen MR) is 154 cm³/mol. The first kappa shape index (κ1) is 28.4. The lowest BCUT2D eigenvalue weighted by atomic mass is 9.99. The molecule has 1 heterocycles. The second-order valence-corrected chi connectivity index (χ2v) is 10.3. The van der Waals surface area contributed by atoms with Gasteiger partial charge in [0.1, 0.15) is 5.70 Å². The molecule has 0 unspecified atom stereocenters. The quantitative estimate of drug-likeness (QED) is 0.158. The molecule has 5 nitrogen and oxygen atoms in total. The first-order valence-electron chi connectivity index (χ1n) is 12.8. The van der Waals surface area contributed by atoms with Crippen LogP contribution in [0.5, 0.6) is 5.75 Å². The molecule has 0 saturated carbocycles. The molecule has 0 aliphatic rings. The van der Waals surface area contributed by atoms with Crippen molar-refractivity contribution in [2.45, 2.75) is 52.4 Å². The largest absolute Gasteiger partial charge is 0.490 e. The van der Waals surface area contributed by atoms with E-state index in [1.807, 2.05) is 12.1 Å². The lowest BCUT2D eigenvalue weighted by Gasteiger charge is -2.17. The van der Waals surface area contributed by atoms with Gasteiger partial charge >= 0.3 is 0 Å². The molecule has 1 amide bonds. The van der Waals surface area contributed by atoms with E-state index in [1.54, 1.807) is 45.5 Å². The van der Waals surface area contributed by atoms with Crippen LogP contribution < -0.4 is 10.5 Å². The van der Waals surface area contributed by atoms with E-state index in [0.29, 0.717) is 23.3 Å². The Balaban J connectivity index is 1.86. The Kier molecular flexibility index (Phi) is 10.3. The van der Waals surface area contributed by atoms with E-state index < -0.39 is 5.82 Å². The molecule has 0 aliphatic heterocycles. The van der Waals surface area contributed by atoms with Crippen molar-refractivity contribution in [1.82, 2.24) is 4.90 Å². The monoisotopic (exact) mass is 523 g/mol. The Hall–Kier alpha value is -3.19. The number of aliphatic imine (C=N–C) groups is 1. The summed E-state index contributed by atoms with van der Waals surface area (Å²) < 4.78 is 22.3. The predicted octanol–water partition coefficient (Wildman–Crippen LogP) is 6.99. The van der Waals surface area contributed by atoms with Gasteiger partial charge in [0.15, 0.2) is 11.6 Å². The minimum absolute atomic E-state index is 0.125. The van der Waals surface area contributed by atoms with Gasteiger partial charge in [0.2, 0.25) is 0 Å². The smallest absolute Gasteiger partial charge is 0.269 e. The Labute approximate surface area is 223 Å². The molecular weight excluding hydrogens is 485 g/mol. The number of nitrogens with zero attached hydrogens (tertiary/aromatic N) is 2. The van der Waals surface area contributed by atoms with Gasteiger partial charge in [0.25, 0.3) is 5.91 Å². The number of carbonyl (C=O) groups excluding carboxylic acids is 1. The van der Waals surface area contributed by atoms with Crippen molar-refractivity contribution >= 4 is 33.0 Å². The standard InChI is InChI=1S/C30H38FN3O2S/c1-6-7-8-9-11-22-19-37-27-15-14-21(18-25(22)27)24-12-10-13-26(31)29(24)36-17-16-23(20(2)33-3)28(32)30(35)34(4)5/h10,12-15,18-19H,6-9,11,16-17,32H2,1-5H3. The number of rotatable bonds is 12. The molecule has 0 fully saturated rings. The summed E-state index contributed by atoms with van der Waals surface area (Å²) in [6.45, 7) is 4.18. The minimum Gasteiger partial charge on any atom is -0.490 e. The van der Waals surface area contributed by atoms with Gasteiger partial charge in [-0.2, -0.15) is 0 Å². The summed E-state index contributed by atoms with van der Waals surface area (Å²) in [5, 5.41) is 3.47. The topological polar surface area (TPSA) is 67.9 Å². The molecular formula is C30H38FN3O2S. The van der Waals surface area contributed by atoms with Crippen molar-refractivity contribution in [3.05, 3.63) is 64.4 Å². The van der Waals surface area contributed by atoms with Gasteiger partial charge in [0, 0.05) is 49.1 Å². The van der Waals surface area contributed by atoms with Crippen molar-refractivity contribution < 1.29 is 13.9 Å². The molecule has 0 saturated heterocycles. The first-order chi connectivity index (χ1) is 17.8. The minimum atomic E-state index is -0.425. The third kappa shape index (κ3) is 6.98. The summed E-state index contributed by atoms with van der Waals surface area (Å²) in [7, 11) is 4.94. The molecule has 3 aromatic rings. The fourth-order valence-electron chi connectivity index (χ4n) is 4.34. The highest BCUT2D eigenvalue weighted by Crippen LogP contribution is 2.37. The summed E-state index contributed by atoms with van der Waals surface area (Å²) in [5.41, 5.74) is 10.5. The molecule has 0 aliphatic carbocycles. The summed E-state index contributed by atoms with van der Waals surface area (Å²) in [4.78, 5) is 18.1. The van der Waals surface area contributed by atoms with E-state index in [2.05, 4.69) is 29.4 Å². The SMILES string of the molecule is CCCCCCc1csc2ccc(-c3cccc(F)c3OCCC(C(C)=NC)=C(N)C(=O)N(C)C)cc12. The number of thiophene rings is 1. The lowest BCUT2D eigenvalue weighted by molar-refractivity contribution is -0.124. The van der Waals surface area contributed by atoms with Gasteiger partial charge in [-0.25, -0.2) is 4.39 Å². The number of benzene rings is 2. The van der Waals surface area contributed by atoms with Crippen LogP contribution in [0.1, 0.15) is 51.5 Å². The number of amides is 1. The first-order valence-corrected chi connectivity index (χ1v) is 13.7. The molecule has 2 N–H and O–H groups in total. The van der Waals surface area contributed by atoms with Crippen molar-refractivity contribution in [3.63, 3.8) is 0 Å². The summed E-state index contributed by atoms with van der Waals surface area (Å²) in [6.07, 6.45) is 6.27. The van der Waals surface area contributed by atoms with E-state index in [9.17, 15) is 4.79 Å². The summed E-state index contributed by atoms with van der Waals surface area (Å²) in [6, 6.07) is 11.3. The van der Waals surface area contributed by atoms with Crippen molar-refractivity contribution in [2.24, 2.45) is 10.7 Å². The second kappa shape index (κ2) is 13.4. The molecule has 1 aromatic heterocycles. The number of hydrogen-bond acceptors (Lipinski definition) is 5. The summed E-state index contributed by atoms with van der Waals surface area (Å²) in [5.74, 6) is -0.518. The van der Waals surface area contributed by atoms with Crippen molar-refractivity contribution in [3.8, 4) is 16.9 Å². The van der Waals surface area contributed by atoms with Crippen LogP contribution in [0, 0.1) is 5.82 Å². The molecule has 0 bridgehead atoms. The van der Waals surface area contributed by atoms with Gasteiger partial charge in [-0.05, 0) is 59.9 Å². The molecule has 2 aromatic carbocycles. The molecule has 198 valence electrons. The fraction of sp³-hybridized carbons (Fsp3) is 0.400. The number of hydrogen-bond donors (Lipinski definition) is 1.